The number of rotatable bonds is 13. The molecule has 1 aliphatic rings. The number of ether oxygens (including phenoxy) is 1. The molecule has 3 aromatic rings. The molecule has 0 spiro atoms. The quantitative estimate of drug-likeness (QED) is 0.0922. The average Bonchev–Trinajstić information content (AvgIpc) is 3.41. The lowest BCUT2D eigenvalue weighted by Gasteiger charge is -2.18. The Labute approximate surface area is 235 Å². The molecule has 0 amide bonds. The lowest BCUT2D eigenvalue weighted by atomic mass is 10.1. The van der Waals surface area contributed by atoms with Gasteiger partial charge in [-0.1, -0.05) is 38.3 Å². The fourth-order valence-electron chi connectivity index (χ4n) is 4.37. The molecule has 17 heteroatoms. The van der Waals surface area contributed by atoms with Gasteiger partial charge in [0.2, 0.25) is 5.28 Å². The summed E-state index contributed by atoms with van der Waals surface area (Å²) >= 11 is 6.18. The molecule has 5 unspecified atom stereocenters. The van der Waals surface area contributed by atoms with Gasteiger partial charge in [0, 0.05) is 5.69 Å². The zero-order chi connectivity index (χ0) is 29.1. The van der Waals surface area contributed by atoms with Crippen LogP contribution in [0.25, 0.3) is 11.2 Å². The third-order valence-electron chi connectivity index (χ3n) is 6.34. The van der Waals surface area contributed by atoms with Crippen molar-refractivity contribution in [2.45, 2.75) is 63.6 Å². The van der Waals surface area contributed by atoms with Gasteiger partial charge < -0.3 is 39.5 Å². The molecular formula is C23H32ClN5O9P2. The smallest absolute Gasteiger partial charge is 0.340 e. The van der Waals surface area contributed by atoms with E-state index in [0.717, 1.165) is 18.5 Å². The summed E-state index contributed by atoms with van der Waals surface area (Å²) in [6.45, 7) is 1.46. The van der Waals surface area contributed by atoms with Crippen LogP contribution >= 0.6 is 26.8 Å². The highest BCUT2D eigenvalue weighted by Gasteiger charge is 2.45. The van der Waals surface area contributed by atoms with Gasteiger partial charge in [0.15, 0.2) is 29.1 Å². The molecule has 220 valence electrons. The molecule has 0 saturated carbocycles. The normalized spacial score (nSPS) is 23.0. The monoisotopic (exact) mass is 619 g/mol. The third-order valence-corrected chi connectivity index (χ3v) is 9.97. The summed E-state index contributed by atoms with van der Waals surface area (Å²) in [7, 11) is -9.53. The molecule has 0 aliphatic carbocycles. The van der Waals surface area contributed by atoms with Crippen molar-refractivity contribution < 1.29 is 43.3 Å². The number of imidazole rings is 1. The fraction of sp³-hybridized carbons (Fsp3) is 0.522. The van der Waals surface area contributed by atoms with E-state index in [1.165, 1.54) is 35.7 Å². The van der Waals surface area contributed by atoms with Crippen LogP contribution in [-0.2, 0) is 24.8 Å². The topological polar surface area (TPSA) is 209 Å². The van der Waals surface area contributed by atoms with Crippen molar-refractivity contribution >= 4 is 49.5 Å². The van der Waals surface area contributed by atoms with Gasteiger partial charge in [0.05, 0.1) is 12.9 Å². The number of hydrogen-bond acceptors (Lipinski definition) is 10. The van der Waals surface area contributed by atoms with E-state index in [0.29, 0.717) is 11.3 Å². The van der Waals surface area contributed by atoms with Crippen molar-refractivity contribution in [1.82, 2.24) is 19.5 Å². The molecule has 0 bridgehead atoms. The van der Waals surface area contributed by atoms with Crippen LogP contribution in [0.15, 0.2) is 30.6 Å². The standard InChI is InChI=1S/C23H32ClN5O9P2/c1-2-3-4-5-6-14-7-9-15(10-8-14)26-20-17-21(28-23(24)27-20)29(12-25-17)22-19(31)18(30)16(38-22)11-37-40(35,36)13-39(32,33)34/h7-10,12,16,18-19,22,30-31H,2-6,11,13H2,1H3,(H,35,36)(H,26,27,28)(H2,32,33,34). The summed E-state index contributed by atoms with van der Waals surface area (Å²) in [6.07, 6.45) is 1.41. The van der Waals surface area contributed by atoms with Crippen LogP contribution in [-0.4, -0.2) is 75.2 Å². The first-order chi connectivity index (χ1) is 18.9. The number of benzene rings is 1. The van der Waals surface area contributed by atoms with Gasteiger partial charge in [0.25, 0.3) is 0 Å². The Balaban J connectivity index is 1.48. The Morgan fingerprint density at radius 3 is 2.48 bits per heavy atom. The summed E-state index contributed by atoms with van der Waals surface area (Å²) in [5.74, 6) is -1.09. The Bertz CT molecular complexity index is 1400. The molecule has 1 aromatic carbocycles. The van der Waals surface area contributed by atoms with E-state index in [1.807, 2.05) is 24.3 Å². The van der Waals surface area contributed by atoms with E-state index < -0.39 is 52.2 Å². The molecule has 6 N–H and O–H groups in total. The number of anilines is 2. The number of nitrogens with zero attached hydrogens (tertiary/aromatic N) is 4. The lowest BCUT2D eigenvalue weighted by molar-refractivity contribution is -0.0483. The highest BCUT2D eigenvalue weighted by Crippen LogP contribution is 2.55. The molecule has 1 saturated heterocycles. The predicted octanol–water partition coefficient (Wildman–Crippen LogP) is 3.30. The van der Waals surface area contributed by atoms with Gasteiger partial charge >= 0.3 is 15.2 Å². The maximum atomic E-state index is 12.0. The number of unbranched alkanes of at least 4 members (excludes halogenated alkanes) is 3. The van der Waals surface area contributed by atoms with Crippen LogP contribution < -0.4 is 5.32 Å². The fourth-order valence-corrected chi connectivity index (χ4v) is 7.10. The minimum Gasteiger partial charge on any atom is -0.387 e. The molecule has 4 rings (SSSR count). The zero-order valence-electron chi connectivity index (χ0n) is 21.6. The highest BCUT2D eigenvalue weighted by molar-refractivity contribution is 7.70. The van der Waals surface area contributed by atoms with Gasteiger partial charge in [-0.25, -0.2) is 4.98 Å². The van der Waals surface area contributed by atoms with Gasteiger partial charge in [-0.05, 0) is 42.1 Å². The molecule has 3 heterocycles. The molecule has 2 aromatic heterocycles. The SMILES string of the molecule is CCCCCCc1ccc(Nc2nc(Cl)nc3c2ncn3C2OC(COP(=O)(O)CP(=O)(O)O)C(O)C2O)cc1. The van der Waals surface area contributed by atoms with E-state index in [9.17, 15) is 24.2 Å². The predicted molar refractivity (Wildman–Crippen MR) is 147 cm³/mol. The summed E-state index contributed by atoms with van der Waals surface area (Å²) < 4.78 is 34.8. The number of aryl methyl sites for hydroxylation is 1. The largest absolute Gasteiger partial charge is 0.387 e. The number of fused-ring (bicyclic) bond motifs is 1. The van der Waals surface area contributed by atoms with Crippen LogP contribution in [0.5, 0.6) is 0 Å². The summed E-state index contributed by atoms with van der Waals surface area (Å²) in [6, 6.07) is 7.91. The first-order valence-electron chi connectivity index (χ1n) is 12.7. The van der Waals surface area contributed by atoms with Crippen molar-refractivity contribution in [1.29, 1.82) is 0 Å². The van der Waals surface area contributed by atoms with Crippen LogP contribution in [0.1, 0.15) is 44.4 Å². The highest BCUT2D eigenvalue weighted by atomic mass is 35.5. The minimum absolute atomic E-state index is 0.115. The van der Waals surface area contributed by atoms with Crippen molar-refractivity contribution in [3.8, 4) is 0 Å². The Morgan fingerprint density at radius 2 is 1.80 bits per heavy atom. The maximum Gasteiger partial charge on any atom is 0.340 e. The number of nitrogens with one attached hydrogen (secondary N) is 1. The Kier molecular flexibility index (Phi) is 10.0. The summed E-state index contributed by atoms with van der Waals surface area (Å²) in [5.41, 5.74) is 2.46. The second-order valence-corrected chi connectivity index (χ2v) is 13.9. The molecule has 1 aliphatic heterocycles. The summed E-state index contributed by atoms with van der Waals surface area (Å²) in [4.78, 5) is 40.3. The second-order valence-electron chi connectivity index (χ2n) is 9.58. The second kappa shape index (κ2) is 12.9. The van der Waals surface area contributed by atoms with E-state index in [1.54, 1.807) is 0 Å². The Hall–Kier alpha value is -1.96. The van der Waals surface area contributed by atoms with E-state index in [-0.39, 0.29) is 10.9 Å². The third kappa shape index (κ3) is 7.86. The minimum atomic E-state index is -4.84. The first-order valence-corrected chi connectivity index (χ1v) is 16.6. The number of aliphatic hydroxyl groups excluding tert-OH is 2. The zero-order valence-corrected chi connectivity index (χ0v) is 24.1. The van der Waals surface area contributed by atoms with Crippen LogP contribution in [0.2, 0.25) is 5.28 Å². The lowest BCUT2D eigenvalue weighted by Crippen LogP contribution is -2.33. The van der Waals surface area contributed by atoms with Crippen molar-refractivity contribution in [2.24, 2.45) is 0 Å². The summed E-state index contributed by atoms with van der Waals surface area (Å²) in [5, 5.41) is 24.1. The van der Waals surface area contributed by atoms with Crippen molar-refractivity contribution in [3.63, 3.8) is 0 Å². The van der Waals surface area contributed by atoms with Crippen LogP contribution in [0.4, 0.5) is 11.5 Å². The molecule has 14 nitrogen and oxygen atoms in total. The molecule has 1 fully saturated rings. The molecule has 0 radical (unpaired) electrons. The molecule has 5 atom stereocenters. The first kappa shape index (κ1) is 31.0. The molecule has 40 heavy (non-hydrogen) atoms. The van der Waals surface area contributed by atoms with Crippen LogP contribution in [0.3, 0.4) is 0 Å². The van der Waals surface area contributed by atoms with Gasteiger partial charge in [-0.3, -0.25) is 13.7 Å². The van der Waals surface area contributed by atoms with E-state index >= 15 is 0 Å². The van der Waals surface area contributed by atoms with E-state index in [2.05, 4.69) is 27.2 Å². The number of aliphatic hydroxyl groups is 2. The van der Waals surface area contributed by atoms with Crippen LogP contribution in [0, 0.1) is 0 Å². The van der Waals surface area contributed by atoms with E-state index in [4.69, 9.17) is 30.6 Å². The Morgan fingerprint density at radius 1 is 1.07 bits per heavy atom. The maximum absolute atomic E-state index is 12.0. The molecular weight excluding hydrogens is 588 g/mol. The number of hydrogen-bond donors (Lipinski definition) is 6. The van der Waals surface area contributed by atoms with Crippen molar-refractivity contribution in [2.75, 3.05) is 17.8 Å². The average molecular weight is 620 g/mol. The number of aromatic nitrogens is 4. The van der Waals surface area contributed by atoms with Gasteiger partial charge in [-0.2, -0.15) is 9.97 Å². The van der Waals surface area contributed by atoms with Gasteiger partial charge in [0.1, 0.15) is 18.3 Å². The van der Waals surface area contributed by atoms with Gasteiger partial charge in [-0.15, -0.1) is 0 Å². The number of halogens is 1. The van der Waals surface area contributed by atoms with Crippen molar-refractivity contribution in [3.05, 3.63) is 41.4 Å².